The Bertz CT molecular complexity index is 679. The molecule has 3 nitrogen and oxygen atoms in total. The first-order chi connectivity index (χ1) is 9.89. The molecule has 0 amide bonds. The van der Waals surface area contributed by atoms with Crippen molar-refractivity contribution in [3.05, 3.63) is 40.7 Å². The molecular formula is C14H13ClF3N3. The third-order valence-electron chi connectivity index (χ3n) is 3.68. The van der Waals surface area contributed by atoms with Gasteiger partial charge in [-0.1, -0.05) is 29.8 Å². The second kappa shape index (κ2) is 5.03. The monoisotopic (exact) mass is 315 g/mol. The highest BCUT2D eigenvalue weighted by molar-refractivity contribution is 6.30. The van der Waals surface area contributed by atoms with Gasteiger partial charge in [0.15, 0.2) is 5.15 Å². The van der Waals surface area contributed by atoms with Crippen molar-refractivity contribution in [2.45, 2.75) is 31.6 Å². The molecule has 1 unspecified atom stereocenters. The maximum atomic E-state index is 13.2. The van der Waals surface area contributed by atoms with E-state index in [0.29, 0.717) is 12.2 Å². The van der Waals surface area contributed by atoms with Gasteiger partial charge < -0.3 is 10.3 Å². The number of benzene rings is 1. The van der Waals surface area contributed by atoms with Crippen LogP contribution < -0.4 is 5.73 Å². The van der Waals surface area contributed by atoms with Crippen LogP contribution >= 0.6 is 11.6 Å². The fraction of sp³-hybridized carbons (Fsp3) is 0.357. The van der Waals surface area contributed by atoms with Crippen LogP contribution in [0, 0.1) is 0 Å². The summed E-state index contributed by atoms with van der Waals surface area (Å²) in [5.41, 5.74) is 5.94. The Morgan fingerprint density at radius 2 is 2.00 bits per heavy atom. The Kier molecular flexibility index (Phi) is 3.45. The fourth-order valence-corrected chi connectivity index (χ4v) is 3.07. The van der Waals surface area contributed by atoms with Gasteiger partial charge in [-0.05, 0) is 18.9 Å². The Balaban J connectivity index is 2.22. The standard InChI is InChI=1S/C14H13ClF3N3/c15-12-11-10(19)6-3-7-21(11)13(20-12)8-4-1-2-5-9(8)14(16,17)18/h1-2,4-5,10H,3,6-7,19H2. The van der Waals surface area contributed by atoms with Gasteiger partial charge in [0.2, 0.25) is 0 Å². The third kappa shape index (κ3) is 2.42. The van der Waals surface area contributed by atoms with Gasteiger partial charge in [-0.25, -0.2) is 4.98 Å². The van der Waals surface area contributed by atoms with Crippen molar-refractivity contribution >= 4 is 11.6 Å². The van der Waals surface area contributed by atoms with E-state index in [-0.39, 0.29) is 22.6 Å². The Labute approximate surface area is 124 Å². The summed E-state index contributed by atoms with van der Waals surface area (Å²) >= 11 is 6.08. The van der Waals surface area contributed by atoms with Gasteiger partial charge in [0, 0.05) is 18.2 Å². The molecule has 2 N–H and O–H groups in total. The second-order valence-corrected chi connectivity index (χ2v) is 5.41. The fourth-order valence-electron chi connectivity index (χ4n) is 2.75. The Morgan fingerprint density at radius 1 is 1.29 bits per heavy atom. The van der Waals surface area contributed by atoms with Gasteiger partial charge in [-0.3, -0.25) is 0 Å². The highest BCUT2D eigenvalue weighted by atomic mass is 35.5. The average molecular weight is 316 g/mol. The van der Waals surface area contributed by atoms with Crippen LogP contribution in [0.3, 0.4) is 0 Å². The lowest BCUT2D eigenvalue weighted by Crippen LogP contribution is -2.22. The summed E-state index contributed by atoms with van der Waals surface area (Å²) in [6.45, 7) is 0.574. The molecule has 0 radical (unpaired) electrons. The number of halogens is 4. The molecule has 1 aromatic carbocycles. The lowest BCUT2D eigenvalue weighted by Gasteiger charge is -2.23. The summed E-state index contributed by atoms with van der Waals surface area (Å²) < 4.78 is 41.2. The predicted molar refractivity (Wildman–Crippen MR) is 73.8 cm³/mol. The molecule has 1 aliphatic rings. The van der Waals surface area contributed by atoms with Crippen molar-refractivity contribution in [1.82, 2.24) is 9.55 Å². The van der Waals surface area contributed by atoms with E-state index in [1.165, 1.54) is 12.1 Å². The van der Waals surface area contributed by atoms with Crippen LogP contribution in [0.1, 0.15) is 30.1 Å². The van der Waals surface area contributed by atoms with E-state index in [1.807, 2.05) is 0 Å². The molecule has 1 aromatic heterocycles. The quantitative estimate of drug-likeness (QED) is 0.864. The van der Waals surface area contributed by atoms with Gasteiger partial charge in [0.1, 0.15) is 5.82 Å². The van der Waals surface area contributed by atoms with Crippen LogP contribution in [0.2, 0.25) is 5.15 Å². The molecule has 1 aliphatic heterocycles. The van der Waals surface area contributed by atoms with Crippen LogP contribution in [0.4, 0.5) is 13.2 Å². The number of nitrogens with two attached hydrogens (primary N) is 1. The normalized spacial score (nSPS) is 18.6. The first-order valence-corrected chi connectivity index (χ1v) is 6.95. The van der Waals surface area contributed by atoms with Crippen molar-refractivity contribution < 1.29 is 13.2 Å². The number of nitrogens with zero attached hydrogens (tertiary/aromatic N) is 2. The number of imidazole rings is 1. The van der Waals surface area contributed by atoms with Gasteiger partial charge in [0.05, 0.1) is 11.3 Å². The molecule has 3 rings (SSSR count). The van der Waals surface area contributed by atoms with E-state index >= 15 is 0 Å². The molecule has 7 heteroatoms. The third-order valence-corrected chi connectivity index (χ3v) is 3.96. The lowest BCUT2D eigenvalue weighted by molar-refractivity contribution is -0.137. The average Bonchev–Trinajstić information content (AvgIpc) is 2.76. The largest absolute Gasteiger partial charge is 0.417 e. The van der Waals surface area contributed by atoms with Crippen LogP contribution in [0.5, 0.6) is 0 Å². The van der Waals surface area contributed by atoms with Gasteiger partial charge >= 0.3 is 6.18 Å². The molecule has 0 fully saturated rings. The molecule has 2 heterocycles. The van der Waals surface area contributed by atoms with Crippen molar-refractivity contribution in [2.24, 2.45) is 5.73 Å². The number of hydrogen-bond acceptors (Lipinski definition) is 2. The zero-order valence-corrected chi connectivity index (χ0v) is 11.7. The number of rotatable bonds is 1. The molecular weight excluding hydrogens is 303 g/mol. The van der Waals surface area contributed by atoms with E-state index in [9.17, 15) is 13.2 Å². The molecule has 0 spiro atoms. The SMILES string of the molecule is NC1CCCn2c(-c3ccccc3C(F)(F)F)nc(Cl)c21. The lowest BCUT2D eigenvalue weighted by atomic mass is 10.0. The van der Waals surface area contributed by atoms with Gasteiger partial charge in [-0.15, -0.1) is 0 Å². The Hall–Kier alpha value is -1.53. The predicted octanol–water partition coefficient (Wildman–Crippen LogP) is 4.02. The van der Waals surface area contributed by atoms with Crippen molar-refractivity contribution in [3.8, 4) is 11.4 Å². The summed E-state index contributed by atoms with van der Waals surface area (Å²) in [5.74, 6) is 0.234. The minimum absolute atomic E-state index is 0.0345. The van der Waals surface area contributed by atoms with Gasteiger partial charge in [-0.2, -0.15) is 13.2 Å². The van der Waals surface area contributed by atoms with Crippen LogP contribution in [0.15, 0.2) is 24.3 Å². The minimum Gasteiger partial charge on any atom is -0.325 e. The summed E-state index contributed by atoms with van der Waals surface area (Å²) in [4.78, 5) is 4.14. The highest BCUT2D eigenvalue weighted by Crippen LogP contribution is 2.40. The van der Waals surface area contributed by atoms with Crippen molar-refractivity contribution in [1.29, 1.82) is 0 Å². The number of aromatic nitrogens is 2. The summed E-state index contributed by atoms with van der Waals surface area (Å²) in [5, 5.41) is 0.189. The molecule has 0 aliphatic carbocycles. The van der Waals surface area contributed by atoms with Crippen molar-refractivity contribution in [3.63, 3.8) is 0 Å². The van der Waals surface area contributed by atoms with E-state index < -0.39 is 11.7 Å². The van der Waals surface area contributed by atoms with E-state index in [1.54, 1.807) is 10.6 Å². The molecule has 0 bridgehead atoms. The van der Waals surface area contributed by atoms with E-state index in [4.69, 9.17) is 17.3 Å². The van der Waals surface area contributed by atoms with Crippen LogP contribution in [-0.2, 0) is 12.7 Å². The molecule has 0 saturated carbocycles. The summed E-state index contributed by atoms with van der Waals surface area (Å²) in [6, 6.07) is 5.09. The second-order valence-electron chi connectivity index (χ2n) is 5.06. The molecule has 2 aromatic rings. The topological polar surface area (TPSA) is 43.8 Å². The maximum absolute atomic E-state index is 13.2. The molecule has 112 valence electrons. The zero-order valence-electron chi connectivity index (χ0n) is 11.0. The van der Waals surface area contributed by atoms with Crippen molar-refractivity contribution in [2.75, 3.05) is 0 Å². The highest BCUT2D eigenvalue weighted by Gasteiger charge is 2.35. The molecule has 0 saturated heterocycles. The number of fused-ring (bicyclic) bond motifs is 1. The number of hydrogen-bond donors (Lipinski definition) is 1. The Morgan fingerprint density at radius 3 is 2.71 bits per heavy atom. The van der Waals surface area contributed by atoms with Crippen LogP contribution in [-0.4, -0.2) is 9.55 Å². The molecule has 1 atom stereocenters. The van der Waals surface area contributed by atoms with Crippen LogP contribution in [0.25, 0.3) is 11.4 Å². The van der Waals surface area contributed by atoms with E-state index in [0.717, 1.165) is 18.9 Å². The summed E-state index contributed by atoms with van der Waals surface area (Å²) in [7, 11) is 0. The summed E-state index contributed by atoms with van der Waals surface area (Å²) in [6.07, 6.45) is -2.89. The van der Waals surface area contributed by atoms with Gasteiger partial charge in [0.25, 0.3) is 0 Å². The number of alkyl halides is 3. The minimum atomic E-state index is -4.44. The smallest absolute Gasteiger partial charge is 0.325 e. The zero-order chi connectivity index (χ0) is 15.2. The first kappa shape index (κ1) is 14.4. The van der Waals surface area contributed by atoms with E-state index in [2.05, 4.69) is 4.98 Å². The first-order valence-electron chi connectivity index (χ1n) is 6.57. The maximum Gasteiger partial charge on any atom is 0.417 e. The molecule has 21 heavy (non-hydrogen) atoms.